The fourth-order valence-corrected chi connectivity index (χ4v) is 5.76. The molecule has 0 amide bonds. The number of hydrogen-bond acceptors (Lipinski definition) is 2. The van der Waals surface area contributed by atoms with Gasteiger partial charge >= 0.3 is 5.97 Å². The second-order valence-corrected chi connectivity index (χ2v) is 11.3. The molecule has 1 aliphatic rings. The van der Waals surface area contributed by atoms with E-state index in [0.29, 0.717) is 0 Å². The van der Waals surface area contributed by atoms with Crippen LogP contribution in [0.5, 0.6) is 0 Å². The Balaban J connectivity index is 2.28. The van der Waals surface area contributed by atoms with Crippen molar-refractivity contribution in [2.75, 3.05) is 7.11 Å². The molecule has 2 nitrogen and oxygen atoms in total. The molecule has 0 bridgehead atoms. The molecule has 1 fully saturated rings. The number of rotatable bonds is 4. The van der Waals surface area contributed by atoms with Crippen LogP contribution in [0.3, 0.4) is 0 Å². The van der Waals surface area contributed by atoms with Gasteiger partial charge in [0.2, 0.25) is 0 Å². The van der Waals surface area contributed by atoms with Gasteiger partial charge in [-0.25, -0.2) is 4.79 Å². The van der Waals surface area contributed by atoms with E-state index in [1.807, 2.05) is 0 Å². The van der Waals surface area contributed by atoms with Gasteiger partial charge in [0, 0.05) is 5.57 Å². The first-order chi connectivity index (χ1) is 10.0. The minimum atomic E-state index is -1.66. The number of ether oxygens (including phenoxy) is 1. The highest BCUT2D eigenvalue weighted by Crippen LogP contribution is 2.30. The number of carbonyl (C=O) groups excluding carboxylic acids is 1. The molecular weight excluding hydrogens is 276 g/mol. The van der Waals surface area contributed by atoms with Crippen LogP contribution in [0.1, 0.15) is 32.1 Å². The predicted molar refractivity (Wildman–Crippen MR) is 90.5 cm³/mol. The molecule has 2 rings (SSSR count). The van der Waals surface area contributed by atoms with Crippen molar-refractivity contribution < 1.29 is 9.53 Å². The number of carbonyl (C=O) groups is 1. The number of allylic oxidation sites excluding steroid dienone is 1. The fourth-order valence-electron chi connectivity index (χ4n) is 3.18. The SMILES string of the molecule is COC(=O)C(C[Si](C)(C)c1ccccc1)=C1CCCCC1. The summed E-state index contributed by atoms with van der Waals surface area (Å²) in [4.78, 5) is 12.3. The van der Waals surface area contributed by atoms with Crippen molar-refractivity contribution >= 4 is 19.2 Å². The monoisotopic (exact) mass is 302 g/mol. The van der Waals surface area contributed by atoms with Crippen LogP contribution in [0.25, 0.3) is 0 Å². The van der Waals surface area contributed by atoms with Crippen LogP contribution >= 0.6 is 0 Å². The molecule has 1 aromatic rings. The first kappa shape index (κ1) is 16.0. The summed E-state index contributed by atoms with van der Waals surface area (Å²) in [6, 6.07) is 11.5. The summed E-state index contributed by atoms with van der Waals surface area (Å²) in [5, 5.41) is 1.41. The minimum absolute atomic E-state index is 0.108. The zero-order chi connectivity index (χ0) is 15.3. The Morgan fingerprint density at radius 2 is 1.71 bits per heavy atom. The number of hydrogen-bond donors (Lipinski definition) is 0. The molecule has 3 heteroatoms. The van der Waals surface area contributed by atoms with Crippen molar-refractivity contribution in [3.63, 3.8) is 0 Å². The number of methoxy groups -OCH3 is 1. The molecule has 21 heavy (non-hydrogen) atoms. The third-order valence-corrected chi connectivity index (χ3v) is 7.62. The van der Waals surface area contributed by atoms with E-state index in [1.54, 1.807) is 0 Å². The molecule has 0 unspecified atom stereocenters. The summed E-state index contributed by atoms with van der Waals surface area (Å²) in [5.74, 6) is -0.108. The van der Waals surface area contributed by atoms with E-state index >= 15 is 0 Å². The van der Waals surface area contributed by atoms with Crippen molar-refractivity contribution in [1.29, 1.82) is 0 Å². The lowest BCUT2D eigenvalue weighted by atomic mass is 9.91. The summed E-state index contributed by atoms with van der Waals surface area (Å²) in [6.07, 6.45) is 5.86. The highest BCUT2D eigenvalue weighted by molar-refractivity contribution is 6.90. The lowest BCUT2D eigenvalue weighted by Crippen LogP contribution is -2.42. The van der Waals surface area contributed by atoms with Crippen molar-refractivity contribution in [3.05, 3.63) is 41.5 Å². The fraction of sp³-hybridized carbons (Fsp3) is 0.500. The topological polar surface area (TPSA) is 26.3 Å². The highest BCUT2D eigenvalue weighted by atomic mass is 28.3. The molecule has 0 atom stereocenters. The third kappa shape index (κ3) is 4.07. The maximum Gasteiger partial charge on any atom is 0.333 e. The largest absolute Gasteiger partial charge is 0.466 e. The second-order valence-electron chi connectivity index (χ2n) is 6.56. The quantitative estimate of drug-likeness (QED) is 0.477. The van der Waals surface area contributed by atoms with Crippen LogP contribution in [0.4, 0.5) is 0 Å². The summed E-state index contributed by atoms with van der Waals surface area (Å²) < 4.78 is 5.07. The van der Waals surface area contributed by atoms with Crippen LogP contribution in [-0.2, 0) is 9.53 Å². The highest BCUT2D eigenvalue weighted by Gasteiger charge is 2.29. The van der Waals surface area contributed by atoms with Crippen LogP contribution in [0.15, 0.2) is 41.5 Å². The van der Waals surface area contributed by atoms with Gasteiger partial charge in [0.05, 0.1) is 15.2 Å². The lowest BCUT2D eigenvalue weighted by molar-refractivity contribution is -0.136. The Morgan fingerprint density at radius 3 is 2.29 bits per heavy atom. The van der Waals surface area contributed by atoms with Crippen molar-refractivity contribution in [2.45, 2.75) is 51.2 Å². The molecule has 1 aromatic carbocycles. The van der Waals surface area contributed by atoms with E-state index in [9.17, 15) is 4.79 Å². The molecule has 114 valence electrons. The van der Waals surface area contributed by atoms with Crippen molar-refractivity contribution in [3.8, 4) is 0 Å². The Kier molecular flexibility index (Phi) is 5.40. The first-order valence-corrected chi connectivity index (χ1v) is 11.1. The Hall–Kier alpha value is -1.35. The molecule has 0 saturated heterocycles. The first-order valence-electron chi connectivity index (χ1n) is 7.89. The molecule has 1 aliphatic carbocycles. The van der Waals surface area contributed by atoms with E-state index in [1.165, 1.54) is 37.1 Å². The van der Waals surface area contributed by atoms with Gasteiger partial charge < -0.3 is 4.74 Å². The van der Waals surface area contributed by atoms with Crippen LogP contribution in [0, 0.1) is 0 Å². The van der Waals surface area contributed by atoms with Gasteiger partial charge in [-0.05, 0) is 31.7 Å². The van der Waals surface area contributed by atoms with Crippen LogP contribution < -0.4 is 5.19 Å². The van der Waals surface area contributed by atoms with Crippen LogP contribution in [-0.4, -0.2) is 21.2 Å². The summed E-state index contributed by atoms with van der Waals surface area (Å²) in [7, 11) is -0.161. The van der Waals surface area contributed by atoms with E-state index in [2.05, 4.69) is 43.4 Å². The molecule has 0 N–H and O–H groups in total. The zero-order valence-corrected chi connectivity index (χ0v) is 14.4. The minimum Gasteiger partial charge on any atom is -0.466 e. The molecule has 0 aromatic heterocycles. The van der Waals surface area contributed by atoms with E-state index in [0.717, 1.165) is 24.5 Å². The summed E-state index contributed by atoms with van der Waals surface area (Å²) in [5.41, 5.74) is 2.32. The maximum absolute atomic E-state index is 12.3. The lowest BCUT2D eigenvalue weighted by Gasteiger charge is -2.26. The van der Waals surface area contributed by atoms with Gasteiger partial charge in [-0.15, -0.1) is 0 Å². The van der Waals surface area contributed by atoms with Gasteiger partial charge in [0.1, 0.15) is 0 Å². The Bertz CT molecular complexity index is 509. The smallest absolute Gasteiger partial charge is 0.333 e. The van der Waals surface area contributed by atoms with Gasteiger partial charge in [0.25, 0.3) is 0 Å². The summed E-state index contributed by atoms with van der Waals surface area (Å²) in [6.45, 7) is 4.68. The number of esters is 1. The molecular formula is C18H26O2Si. The second kappa shape index (κ2) is 7.08. The normalized spacial score (nSPS) is 15.7. The van der Waals surface area contributed by atoms with Gasteiger partial charge in [0.15, 0.2) is 0 Å². The van der Waals surface area contributed by atoms with E-state index in [4.69, 9.17) is 4.74 Å². The zero-order valence-electron chi connectivity index (χ0n) is 13.4. The molecule has 0 aliphatic heterocycles. The average Bonchev–Trinajstić information content (AvgIpc) is 2.53. The molecule has 0 spiro atoms. The summed E-state index contributed by atoms with van der Waals surface area (Å²) >= 11 is 0. The van der Waals surface area contributed by atoms with Gasteiger partial charge in [-0.3, -0.25) is 0 Å². The number of benzene rings is 1. The third-order valence-electron chi connectivity index (χ3n) is 4.49. The van der Waals surface area contributed by atoms with Crippen molar-refractivity contribution in [2.24, 2.45) is 0 Å². The van der Waals surface area contributed by atoms with E-state index < -0.39 is 8.07 Å². The Morgan fingerprint density at radius 1 is 1.10 bits per heavy atom. The molecule has 1 saturated carbocycles. The average molecular weight is 302 g/mol. The van der Waals surface area contributed by atoms with Gasteiger partial charge in [-0.1, -0.05) is 60.6 Å². The van der Waals surface area contributed by atoms with Crippen molar-refractivity contribution in [1.82, 2.24) is 0 Å². The van der Waals surface area contributed by atoms with E-state index in [-0.39, 0.29) is 5.97 Å². The van der Waals surface area contributed by atoms with Gasteiger partial charge in [-0.2, -0.15) is 0 Å². The van der Waals surface area contributed by atoms with Crippen LogP contribution in [0.2, 0.25) is 19.1 Å². The standard InChI is InChI=1S/C18H26O2Si/c1-20-18(19)17(15-10-6-4-7-11-15)14-21(2,3)16-12-8-5-9-13-16/h5,8-9,12-13H,4,6-7,10-11,14H2,1-3H3. The Labute approximate surface area is 129 Å². The maximum atomic E-state index is 12.3. The molecule has 0 radical (unpaired) electrons. The molecule has 0 heterocycles. The predicted octanol–water partition coefficient (Wildman–Crippen LogP) is 4.04.